The molecule has 1 saturated heterocycles. The van der Waals surface area contributed by atoms with Gasteiger partial charge in [0.05, 0.1) is 5.69 Å². The van der Waals surface area contributed by atoms with Gasteiger partial charge in [-0.15, -0.1) is 11.3 Å². The summed E-state index contributed by atoms with van der Waals surface area (Å²) in [6.45, 7) is 3.42. The van der Waals surface area contributed by atoms with Crippen LogP contribution in [0.4, 0.5) is 5.13 Å². The number of anilines is 1. The van der Waals surface area contributed by atoms with Crippen molar-refractivity contribution in [2.75, 3.05) is 18.4 Å². The predicted molar refractivity (Wildman–Crippen MR) is 128 cm³/mol. The number of nitrogens with zero attached hydrogens (tertiary/aromatic N) is 2. The highest BCUT2D eigenvalue weighted by Gasteiger charge is 2.32. The Morgan fingerprint density at radius 3 is 2.44 bits per heavy atom. The van der Waals surface area contributed by atoms with Gasteiger partial charge < -0.3 is 11.1 Å². The third kappa shape index (κ3) is 5.06. The van der Waals surface area contributed by atoms with Crippen LogP contribution in [0.3, 0.4) is 0 Å². The van der Waals surface area contributed by atoms with Gasteiger partial charge in [0.25, 0.3) is 0 Å². The molecule has 0 aliphatic carbocycles. The van der Waals surface area contributed by atoms with Crippen LogP contribution in [0.5, 0.6) is 0 Å². The van der Waals surface area contributed by atoms with Gasteiger partial charge in [-0.2, -0.15) is 0 Å². The summed E-state index contributed by atoms with van der Waals surface area (Å²) in [5, 5.41) is 5.57. The highest BCUT2D eigenvalue weighted by Crippen LogP contribution is 2.30. The number of benzene rings is 2. The quantitative estimate of drug-likeness (QED) is 0.566. The number of rotatable bonds is 7. The van der Waals surface area contributed by atoms with Crippen molar-refractivity contribution >= 4 is 28.3 Å². The lowest BCUT2D eigenvalue weighted by atomic mass is 9.93. The fourth-order valence-electron chi connectivity index (χ4n) is 4.15. The molecule has 2 amide bonds. The Balaban J connectivity index is 1.50. The number of primary amides is 1. The molecule has 4 rings (SSSR count). The molecule has 0 bridgehead atoms. The monoisotopic (exact) mass is 448 g/mol. The van der Waals surface area contributed by atoms with Crippen molar-refractivity contribution < 1.29 is 9.59 Å². The highest BCUT2D eigenvalue weighted by atomic mass is 32.1. The van der Waals surface area contributed by atoms with Crippen LogP contribution in [-0.4, -0.2) is 34.8 Å². The Morgan fingerprint density at radius 2 is 1.81 bits per heavy atom. The van der Waals surface area contributed by atoms with Gasteiger partial charge in [-0.3, -0.25) is 14.5 Å². The molecule has 0 saturated carbocycles. The maximum Gasteiger partial charge on any atom is 0.248 e. The number of aryl methyl sites for hydroxylation is 1. The Labute approximate surface area is 192 Å². The molecule has 166 valence electrons. The second-order valence-electron chi connectivity index (χ2n) is 8.10. The van der Waals surface area contributed by atoms with Crippen LogP contribution >= 0.6 is 11.3 Å². The van der Waals surface area contributed by atoms with Gasteiger partial charge in [0.15, 0.2) is 5.13 Å². The van der Waals surface area contributed by atoms with Crippen LogP contribution < -0.4 is 11.1 Å². The van der Waals surface area contributed by atoms with E-state index in [1.165, 1.54) is 16.9 Å². The fourth-order valence-corrected chi connectivity index (χ4v) is 4.88. The van der Waals surface area contributed by atoms with Crippen molar-refractivity contribution in [3.05, 3.63) is 71.1 Å². The number of aromatic nitrogens is 1. The molecule has 7 heteroatoms. The first kappa shape index (κ1) is 22.2. The Bertz CT molecular complexity index is 1060. The Morgan fingerprint density at radius 1 is 1.12 bits per heavy atom. The molecule has 6 nitrogen and oxygen atoms in total. The first-order valence-electron chi connectivity index (χ1n) is 11.0. The highest BCUT2D eigenvalue weighted by molar-refractivity contribution is 7.14. The first-order chi connectivity index (χ1) is 15.5. The Kier molecular flexibility index (Phi) is 6.97. The molecule has 0 unspecified atom stereocenters. The molecule has 1 aromatic heterocycles. The molecule has 2 aromatic carbocycles. The summed E-state index contributed by atoms with van der Waals surface area (Å²) in [4.78, 5) is 31.7. The smallest absolute Gasteiger partial charge is 0.248 e. The summed E-state index contributed by atoms with van der Waals surface area (Å²) in [6.07, 6.45) is 2.33. The summed E-state index contributed by atoms with van der Waals surface area (Å²) in [5.41, 5.74) is 9.58. The van der Waals surface area contributed by atoms with E-state index in [1.54, 1.807) is 0 Å². The molecule has 1 atom stereocenters. The summed E-state index contributed by atoms with van der Waals surface area (Å²) in [5.74, 6) is -0.491. The zero-order chi connectivity index (χ0) is 22.5. The number of likely N-dealkylation sites (tertiary alicyclic amines) is 1. The number of nitrogens with two attached hydrogens (primary N) is 1. The van der Waals surface area contributed by atoms with Crippen LogP contribution in [0.15, 0.2) is 60.0 Å². The molecular formula is C25H28N4O2S. The van der Waals surface area contributed by atoms with Crippen LogP contribution in [0, 0.1) is 5.92 Å². The van der Waals surface area contributed by atoms with Gasteiger partial charge in [0, 0.05) is 16.9 Å². The van der Waals surface area contributed by atoms with Gasteiger partial charge >= 0.3 is 0 Å². The molecule has 1 fully saturated rings. The summed E-state index contributed by atoms with van der Waals surface area (Å²) >= 11 is 1.42. The Hall–Kier alpha value is -3.03. The molecule has 3 N–H and O–H groups in total. The summed E-state index contributed by atoms with van der Waals surface area (Å²) < 4.78 is 0. The molecular weight excluding hydrogens is 420 g/mol. The van der Waals surface area contributed by atoms with Crippen molar-refractivity contribution in [3.8, 4) is 11.3 Å². The minimum Gasteiger partial charge on any atom is -0.369 e. The number of nitrogens with one attached hydrogen (secondary N) is 1. The number of hydrogen-bond acceptors (Lipinski definition) is 5. The zero-order valence-electron chi connectivity index (χ0n) is 18.2. The zero-order valence-corrected chi connectivity index (χ0v) is 19.0. The van der Waals surface area contributed by atoms with Gasteiger partial charge in [-0.25, -0.2) is 4.98 Å². The van der Waals surface area contributed by atoms with E-state index < -0.39 is 6.04 Å². The van der Waals surface area contributed by atoms with Crippen LogP contribution in [0.1, 0.15) is 36.9 Å². The van der Waals surface area contributed by atoms with Crippen molar-refractivity contribution in [1.29, 1.82) is 0 Å². The number of piperidine rings is 1. The van der Waals surface area contributed by atoms with Crippen molar-refractivity contribution in [3.63, 3.8) is 0 Å². The third-order valence-electron chi connectivity index (χ3n) is 6.05. The lowest BCUT2D eigenvalue weighted by Gasteiger charge is -2.36. The second-order valence-corrected chi connectivity index (χ2v) is 8.96. The van der Waals surface area contributed by atoms with E-state index in [1.807, 2.05) is 35.7 Å². The lowest BCUT2D eigenvalue weighted by Crippen LogP contribution is -2.44. The molecule has 1 aliphatic heterocycles. The van der Waals surface area contributed by atoms with Gasteiger partial charge in [0.1, 0.15) is 6.04 Å². The van der Waals surface area contributed by atoms with Crippen LogP contribution in [0.25, 0.3) is 11.3 Å². The van der Waals surface area contributed by atoms with Crippen molar-refractivity contribution in [1.82, 2.24) is 9.88 Å². The van der Waals surface area contributed by atoms with Crippen LogP contribution in [-0.2, 0) is 16.0 Å². The average molecular weight is 449 g/mol. The fraction of sp³-hybridized carbons (Fsp3) is 0.320. The lowest BCUT2D eigenvalue weighted by molar-refractivity contribution is -0.125. The van der Waals surface area contributed by atoms with E-state index in [9.17, 15) is 9.59 Å². The molecule has 32 heavy (non-hydrogen) atoms. The van der Waals surface area contributed by atoms with E-state index >= 15 is 0 Å². The molecule has 0 radical (unpaired) electrons. The molecule has 3 aromatic rings. The van der Waals surface area contributed by atoms with E-state index in [0.717, 1.165) is 23.2 Å². The maximum atomic E-state index is 13.4. The SMILES string of the molecule is CCc1ccc(-c2csc(NC(=O)[C@@H](c3ccccc3)N3CCC(C(N)=O)CC3)n2)cc1. The number of amides is 2. The average Bonchev–Trinajstić information content (AvgIpc) is 3.28. The van der Waals surface area contributed by atoms with E-state index in [4.69, 9.17) is 5.73 Å². The minimum atomic E-state index is -0.443. The maximum absolute atomic E-state index is 13.4. The molecule has 0 spiro atoms. The van der Waals surface area contributed by atoms with Gasteiger partial charge in [0.2, 0.25) is 11.8 Å². The largest absolute Gasteiger partial charge is 0.369 e. The minimum absolute atomic E-state index is 0.115. The predicted octanol–water partition coefficient (Wildman–Crippen LogP) is 4.25. The van der Waals surface area contributed by atoms with Crippen molar-refractivity contribution in [2.45, 2.75) is 32.2 Å². The third-order valence-corrected chi connectivity index (χ3v) is 6.81. The number of carbonyl (C=O) groups is 2. The van der Waals surface area contributed by atoms with Gasteiger partial charge in [-0.05, 0) is 43.5 Å². The number of carbonyl (C=O) groups excluding carboxylic acids is 2. The topological polar surface area (TPSA) is 88.3 Å². The second kappa shape index (κ2) is 10.1. The van der Waals surface area contributed by atoms with E-state index in [2.05, 4.69) is 46.4 Å². The summed E-state index contributed by atoms with van der Waals surface area (Å²) in [7, 11) is 0. The van der Waals surface area contributed by atoms with E-state index in [0.29, 0.717) is 31.1 Å². The number of hydrogen-bond donors (Lipinski definition) is 2. The molecule has 1 aliphatic rings. The number of thiazole rings is 1. The van der Waals surface area contributed by atoms with Crippen molar-refractivity contribution in [2.24, 2.45) is 11.7 Å². The van der Waals surface area contributed by atoms with E-state index in [-0.39, 0.29) is 17.7 Å². The first-order valence-corrected chi connectivity index (χ1v) is 11.9. The van der Waals surface area contributed by atoms with Gasteiger partial charge in [-0.1, -0.05) is 61.5 Å². The standard InChI is InChI=1S/C25H28N4O2S/c1-2-17-8-10-18(11-9-17)21-16-32-25(27-21)28-24(31)22(19-6-4-3-5-7-19)29-14-12-20(13-15-29)23(26)30/h3-11,16,20,22H,2,12-15H2,1H3,(H2,26,30)(H,27,28,31)/t22-/m1/s1. The summed E-state index contributed by atoms with van der Waals surface area (Å²) in [6, 6.07) is 17.6. The molecule has 2 heterocycles. The normalized spacial score (nSPS) is 15.9. The van der Waals surface area contributed by atoms with Crippen LogP contribution in [0.2, 0.25) is 0 Å².